The monoisotopic (exact) mass is 479 g/mol. The lowest BCUT2D eigenvalue weighted by molar-refractivity contribution is -0.154. The maximum atomic E-state index is 13.5. The number of aromatic nitrogens is 1. The first-order valence-electron chi connectivity index (χ1n) is 10.6. The summed E-state index contributed by atoms with van der Waals surface area (Å²) in [7, 11) is 1.32. The van der Waals surface area contributed by atoms with Gasteiger partial charge in [0.25, 0.3) is 0 Å². The van der Waals surface area contributed by atoms with Crippen LogP contribution in [0.15, 0.2) is 30.5 Å². The first-order chi connectivity index (χ1) is 15.0. The zero-order valence-corrected chi connectivity index (χ0v) is 20.6. The number of halogens is 1. The van der Waals surface area contributed by atoms with Crippen molar-refractivity contribution in [1.82, 2.24) is 9.88 Å². The van der Waals surface area contributed by atoms with Crippen LogP contribution in [0.3, 0.4) is 0 Å². The van der Waals surface area contributed by atoms with Gasteiger partial charge < -0.3 is 20.1 Å². The first-order valence-corrected chi connectivity index (χ1v) is 11.8. The molecule has 0 saturated carbocycles. The van der Waals surface area contributed by atoms with E-state index < -0.39 is 23.0 Å². The van der Waals surface area contributed by atoms with E-state index in [1.165, 1.54) is 13.3 Å². The Morgan fingerprint density at radius 1 is 1.28 bits per heavy atom. The third kappa shape index (κ3) is 4.77. The van der Waals surface area contributed by atoms with E-state index in [1.807, 2.05) is 39.8 Å². The summed E-state index contributed by atoms with van der Waals surface area (Å²) in [5.74, 6) is -0.517. The van der Waals surface area contributed by atoms with Crippen molar-refractivity contribution < 1.29 is 19.4 Å². The quantitative estimate of drug-likeness (QED) is 0.604. The Morgan fingerprint density at radius 2 is 1.94 bits per heavy atom. The van der Waals surface area contributed by atoms with Crippen molar-refractivity contribution in [3.8, 4) is 0 Å². The van der Waals surface area contributed by atoms with Gasteiger partial charge >= 0.3 is 5.97 Å². The number of likely N-dealkylation sites (tertiary alicyclic amines) is 1. The zero-order chi connectivity index (χ0) is 23.7. The normalized spacial score (nSPS) is 21.3. The highest BCUT2D eigenvalue weighted by Crippen LogP contribution is 2.46. The predicted octanol–water partition coefficient (Wildman–Crippen LogP) is 4.17. The summed E-state index contributed by atoms with van der Waals surface area (Å²) in [6.07, 6.45) is 1.86. The third-order valence-corrected chi connectivity index (χ3v) is 7.35. The average molecular weight is 480 g/mol. The first kappa shape index (κ1) is 24.5. The van der Waals surface area contributed by atoms with Gasteiger partial charge in [-0.1, -0.05) is 62.8 Å². The van der Waals surface area contributed by atoms with Crippen LogP contribution in [0.5, 0.6) is 0 Å². The standard InChI is InChI=1S/C23H30ClN3O4S/c1-14(2)18(26-21-25-12-17(32-21)20(29)31-5)19(28)27-11-10-23(30,22(3,4)13-27)15-6-8-16(24)9-7-15/h6-9,12,14,18,30H,10-11,13H2,1-5H3,(H,25,26)/t18-,23+/m1/s1. The summed E-state index contributed by atoms with van der Waals surface area (Å²) in [6, 6.07) is 6.74. The van der Waals surface area contributed by atoms with Crippen molar-refractivity contribution >= 4 is 39.9 Å². The number of nitrogens with one attached hydrogen (secondary N) is 1. The highest BCUT2D eigenvalue weighted by atomic mass is 35.5. The van der Waals surface area contributed by atoms with Gasteiger partial charge in [-0.05, 0) is 30.0 Å². The van der Waals surface area contributed by atoms with E-state index in [4.69, 9.17) is 16.3 Å². The Hall–Kier alpha value is -2.16. The highest BCUT2D eigenvalue weighted by molar-refractivity contribution is 7.17. The van der Waals surface area contributed by atoms with Crippen molar-refractivity contribution in [2.45, 2.75) is 45.8 Å². The van der Waals surface area contributed by atoms with Crippen LogP contribution in [0, 0.1) is 11.3 Å². The summed E-state index contributed by atoms with van der Waals surface area (Å²) in [6.45, 7) is 8.70. The van der Waals surface area contributed by atoms with Crippen LogP contribution < -0.4 is 5.32 Å². The van der Waals surface area contributed by atoms with E-state index in [0.29, 0.717) is 34.5 Å². The molecule has 0 bridgehead atoms. The van der Waals surface area contributed by atoms with Gasteiger partial charge in [-0.25, -0.2) is 9.78 Å². The van der Waals surface area contributed by atoms with Crippen LogP contribution >= 0.6 is 22.9 Å². The van der Waals surface area contributed by atoms with Crippen molar-refractivity contribution in [3.05, 3.63) is 45.9 Å². The number of nitrogens with zero attached hydrogens (tertiary/aromatic N) is 2. The number of benzene rings is 1. The maximum Gasteiger partial charge on any atom is 0.349 e. The summed E-state index contributed by atoms with van der Waals surface area (Å²) in [5, 5.41) is 15.9. The van der Waals surface area contributed by atoms with Gasteiger partial charge in [0.15, 0.2) is 5.13 Å². The number of thiazole rings is 1. The smallest absolute Gasteiger partial charge is 0.349 e. The van der Waals surface area contributed by atoms with Gasteiger partial charge in [0.05, 0.1) is 18.9 Å². The van der Waals surface area contributed by atoms with Crippen LogP contribution in [-0.4, -0.2) is 53.1 Å². The topological polar surface area (TPSA) is 91.8 Å². The molecule has 0 aliphatic carbocycles. The molecule has 1 amide bonds. The SMILES string of the molecule is COC(=O)c1cnc(N[C@@H](C(=O)N2CC[C@](O)(c3ccc(Cl)cc3)C(C)(C)C2)C(C)C)s1. The highest BCUT2D eigenvalue weighted by Gasteiger charge is 2.50. The number of carbonyl (C=O) groups is 2. The summed E-state index contributed by atoms with van der Waals surface area (Å²) < 4.78 is 4.73. The molecule has 0 spiro atoms. The lowest BCUT2D eigenvalue weighted by atomic mass is 9.66. The molecule has 0 unspecified atom stereocenters. The summed E-state index contributed by atoms with van der Waals surface area (Å²) >= 11 is 7.17. The minimum absolute atomic E-state index is 0.00633. The molecule has 3 rings (SSSR count). The predicted molar refractivity (Wildman–Crippen MR) is 126 cm³/mol. The van der Waals surface area contributed by atoms with Crippen LogP contribution in [0.2, 0.25) is 5.02 Å². The number of aliphatic hydroxyl groups is 1. The van der Waals surface area contributed by atoms with Gasteiger partial charge in [0.2, 0.25) is 5.91 Å². The molecule has 1 aromatic carbocycles. The number of anilines is 1. The molecule has 2 N–H and O–H groups in total. The van der Waals surface area contributed by atoms with Crippen LogP contribution in [0.25, 0.3) is 0 Å². The summed E-state index contributed by atoms with van der Waals surface area (Å²) in [4.78, 5) is 31.6. The number of ether oxygens (including phenoxy) is 1. The average Bonchev–Trinajstić information content (AvgIpc) is 3.22. The minimum atomic E-state index is -1.07. The molecule has 2 atom stereocenters. The van der Waals surface area contributed by atoms with Crippen molar-refractivity contribution in [2.75, 3.05) is 25.5 Å². The fraction of sp³-hybridized carbons (Fsp3) is 0.522. The fourth-order valence-electron chi connectivity index (χ4n) is 4.15. The second kappa shape index (κ2) is 9.37. The van der Waals surface area contributed by atoms with Gasteiger partial charge in [-0.3, -0.25) is 4.79 Å². The maximum absolute atomic E-state index is 13.5. The lowest BCUT2D eigenvalue weighted by Gasteiger charge is -2.51. The van der Waals surface area contributed by atoms with Crippen molar-refractivity contribution in [2.24, 2.45) is 11.3 Å². The lowest BCUT2D eigenvalue weighted by Crippen LogP contribution is -2.59. The van der Waals surface area contributed by atoms with Crippen LogP contribution in [0.4, 0.5) is 5.13 Å². The molecule has 1 aliphatic rings. The van der Waals surface area contributed by atoms with Gasteiger partial charge in [0, 0.05) is 23.5 Å². The Labute approximate surface area is 197 Å². The van der Waals surface area contributed by atoms with Gasteiger partial charge in [0.1, 0.15) is 10.9 Å². The Balaban J connectivity index is 1.76. The molecule has 1 saturated heterocycles. The molecule has 32 heavy (non-hydrogen) atoms. The van der Waals surface area contributed by atoms with E-state index >= 15 is 0 Å². The fourth-order valence-corrected chi connectivity index (χ4v) is 5.05. The molecule has 2 heterocycles. The molecule has 1 aliphatic heterocycles. The van der Waals surface area contributed by atoms with Crippen molar-refractivity contribution in [3.63, 3.8) is 0 Å². The van der Waals surface area contributed by atoms with E-state index in [1.54, 1.807) is 17.0 Å². The van der Waals surface area contributed by atoms with Crippen LogP contribution in [0.1, 0.15) is 49.4 Å². The second-order valence-electron chi connectivity index (χ2n) is 9.15. The number of methoxy groups -OCH3 is 1. The van der Waals surface area contributed by atoms with Gasteiger partial charge in [-0.2, -0.15) is 0 Å². The molecule has 2 aromatic rings. The number of hydrogen-bond donors (Lipinski definition) is 2. The number of piperidine rings is 1. The molecular weight excluding hydrogens is 450 g/mol. The number of amides is 1. The number of rotatable bonds is 6. The van der Waals surface area contributed by atoms with E-state index in [2.05, 4.69) is 10.3 Å². The second-order valence-corrected chi connectivity index (χ2v) is 10.6. The summed E-state index contributed by atoms with van der Waals surface area (Å²) in [5.41, 5.74) is -0.842. The minimum Gasteiger partial charge on any atom is -0.465 e. The molecule has 1 aromatic heterocycles. The third-order valence-electron chi connectivity index (χ3n) is 6.19. The molecule has 0 radical (unpaired) electrons. The molecule has 9 heteroatoms. The molecular formula is C23H30ClN3O4S. The Bertz CT molecular complexity index is 976. The van der Waals surface area contributed by atoms with Crippen LogP contribution in [-0.2, 0) is 15.1 Å². The largest absolute Gasteiger partial charge is 0.465 e. The Morgan fingerprint density at radius 3 is 2.50 bits per heavy atom. The number of carbonyl (C=O) groups excluding carboxylic acids is 2. The Kier molecular flexibility index (Phi) is 7.17. The van der Waals surface area contributed by atoms with E-state index in [9.17, 15) is 14.7 Å². The van der Waals surface area contributed by atoms with Crippen molar-refractivity contribution in [1.29, 1.82) is 0 Å². The zero-order valence-electron chi connectivity index (χ0n) is 19.0. The molecule has 1 fully saturated rings. The van der Waals surface area contributed by atoms with E-state index in [0.717, 1.165) is 16.9 Å². The molecule has 174 valence electrons. The van der Waals surface area contributed by atoms with Gasteiger partial charge in [-0.15, -0.1) is 0 Å². The number of hydrogen-bond acceptors (Lipinski definition) is 7. The number of esters is 1. The molecule has 7 nitrogen and oxygen atoms in total. The van der Waals surface area contributed by atoms with E-state index in [-0.39, 0.29) is 11.8 Å².